The molecule has 2 rings (SSSR count). The fourth-order valence-corrected chi connectivity index (χ4v) is 2.57. The highest BCUT2D eigenvalue weighted by atomic mass is 79.9. The fraction of sp³-hybridized carbons (Fsp3) is 0.294. The average Bonchev–Trinajstić information content (AvgIpc) is 2.37. The first-order chi connectivity index (χ1) is 9.94. The lowest BCUT2D eigenvalue weighted by atomic mass is 10.1. The monoisotopic (exact) mass is 348 g/mol. The molecule has 0 aliphatic rings. The van der Waals surface area contributed by atoms with E-state index in [0.717, 1.165) is 15.9 Å². The van der Waals surface area contributed by atoms with Gasteiger partial charge < -0.3 is 15.8 Å². The fourth-order valence-electron chi connectivity index (χ4n) is 2.15. The number of hydrogen-bond acceptors (Lipinski definition) is 3. The number of nitrogen functional groups attached to an aromatic ring is 1. The molecule has 112 valence electrons. The number of nitrogens with two attached hydrogens (primary N) is 1. The number of halogens is 1. The lowest BCUT2D eigenvalue weighted by Crippen LogP contribution is -2.09. The largest absolute Gasteiger partial charge is 0.491 e. The van der Waals surface area contributed by atoms with E-state index in [1.165, 1.54) is 5.56 Å². The van der Waals surface area contributed by atoms with E-state index in [0.29, 0.717) is 5.69 Å². The van der Waals surface area contributed by atoms with Crippen LogP contribution in [-0.2, 0) is 0 Å². The molecular weight excluding hydrogens is 328 g/mol. The number of anilines is 2. The van der Waals surface area contributed by atoms with E-state index in [1.807, 2.05) is 44.2 Å². The third-order valence-electron chi connectivity index (χ3n) is 3.03. The van der Waals surface area contributed by atoms with E-state index >= 15 is 0 Å². The maximum Gasteiger partial charge on any atom is 0.123 e. The van der Waals surface area contributed by atoms with Gasteiger partial charge in [0.05, 0.1) is 6.10 Å². The highest BCUT2D eigenvalue weighted by Gasteiger charge is 2.08. The van der Waals surface area contributed by atoms with Gasteiger partial charge in [0.2, 0.25) is 0 Å². The van der Waals surface area contributed by atoms with Gasteiger partial charge in [0.1, 0.15) is 5.75 Å². The van der Waals surface area contributed by atoms with Gasteiger partial charge in [-0.1, -0.05) is 28.1 Å². The lowest BCUT2D eigenvalue weighted by molar-refractivity contribution is 0.242. The Morgan fingerprint density at radius 1 is 1.10 bits per heavy atom. The van der Waals surface area contributed by atoms with Gasteiger partial charge in [-0.3, -0.25) is 0 Å². The second-order valence-corrected chi connectivity index (χ2v) is 6.29. The van der Waals surface area contributed by atoms with Crippen molar-refractivity contribution in [2.45, 2.75) is 32.9 Å². The zero-order valence-electron chi connectivity index (χ0n) is 12.6. The molecule has 2 aromatic carbocycles. The van der Waals surface area contributed by atoms with E-state index in [9.17, 15) is 0 Å². The first-order valence-electron chi connectivity index (χ1n) is 7.03. The van der Waals surface area contributed by atoms with Crippen molar-refractivity contribution < 1.29 is 4.74 Å². The van der Waals surface area contributed by atoms with Crippen LogP contribution in [0.25, 0.3) is 0 Å². The van der Waals surface area contributed by atoms with E-state index in [4.69, 9.17) is 10.5 Å². The van der Waals surface area contributed by atoms with Crippen LogP contribution >= 0.6 is 15.9 Å². The number of nitrogens with one attached hydrogen (secondary N) is 1. The summed E-state index contributed by atoms with van der Waals surface area (Å²) in [6.45, 7) is 6.12. The maximum atomic E-state index is 5.95. The van der Waals surface area contributed by atoms with Crippen LogP contribution in [0.4, 0.5) is 11.4 Å². The van der Waals surface area contributed by atoms with E-state index in [1.54, 1.807) is 0 Å². The topological polar surface area (TPSA) is 47.3 Å². The smallest absolute Gasteiger partial charge is 0.123 e. The first-order valence-corrected chi connectivity index (χ1v) is 7.82. The number of benzene rings is 2. The Labute approximate surface area is 134 Å². The number of rotatable bonds is 5. The highest BCUT2D eigenvalue weighted by Crippen LogP contribution is 2.27. The molecule has 0 heterocycles. The molecule has 0 bridgehead atoms. The van der Waals surface area contributed by atoms with Crippen LogP contribution in [0.2, 0.25) is 0 Å². The summed E-state index contributed by atoms with van der Waals surface area (Å²) in [5.41, 5.74) is 8.80. The van der Waals surface area contributed by atoms with E-state index in [-0.39, 0.29) is 12.1 Å². The Balaban J connectivity index is 2.17. The SMILES string of the molecule is CC(C)Oc1cc(N)cc(NC(C)c2cccc(Br)c2)c1. The van der Waals surface area contributed by atoms with E-state index in [2.05, 4.69) is 40.3 Å². The van der Waals surface area contributed by atoms with Gasteiger partial charge in [-0.2, -0.15) is 0 Å². The maximum absolute atomic E-state index is 5.95. The molecule has 2 aromatic rings. The summed E-state index contributed by atoms with van der Waals surface area (Å²) < 4.78 is 6.79. The molecule has 1 atom stereocenters. The molecule has 0 aliphatic heterocycles. The molecular formula is C17H21BrN2O. The van der Waals surface area contributed by atoms with Crippen LogP contribution in [0.5, 0.6) is 5.75 Å². The van der Waals surface area contributed by atoms with Crippen molar-refractivity contribution in [1.29, 1.82) is 0 Å². The van der Waals surface area contributed by atoms with Crippen LogP contribution in [0.15, 0.2) is 46.9 Å². The molecule has 3 nitrogen and oxygen atoms in total. The van der Waals surface area contributed by atoms with Gasteiger partial charge >= 0.3 is 0 Å². The Morgan fingerprint density at radius 3 is 2.52 bits per heavy atom. The van der Waals surface area contributed by atoms with Gasteiger partial charge in [0, 0.05) is 34.0 Å². The second-order valence-electron chi connectivity index (χ2n) is 5.38. The van der Waals surface area contributed by atoms with E-state index < -0.39 is 0 Å². The van der Waals surface area contributed by atoms with Crippen molar-refractivity contribution in [3.63, 3.8) is 0 Å². The molecule has 0 spiro atoms. The minimum absolute atomic E-state index is 0.127. The van der Waals surface area contributed by atoms with Crippen molar-refractivity contribution in [3.8, 4) is 5.75 Å². The summed E-state index contributed by atoms with van der Waals surface area (Å²) in [7, 11) is 0. The molecule has 21 heavy (non-hydrogen) atoms. The minimum atomic E-state index is 0.127. The first kappa shape index (κ1) is 15.7. The van der Waals surface area contributed by atoms with Gasteiger partial charge in [-0.15, -0.1) is 0 Å². The second kappa shape index (κ2) is 6.85. The zero-order chi connectivity index (χ0) is 15.4. The van der Waals surface area contributed by atoms with Gasteiger partial charge in [0.25, 0.3) is 0 Å². The van der Waals surface area contributed by atoms with Gasteiger partial charge in [-0.05, 0) is 44.5 Å². The quantitative estimate of drug-likeness (QED) is 0.748. The van der Waals surface area contributed by atoms with Crippen molar-refractivity contribution in [2.24, 2.45) is 0 Å². The summed E-state index contributed by atoms with van der Waals surface area (Å²) in [6, 6.07) is 14.2. The van der Waals surface area contributed by atoms with Crippen LogP contribution in [-0.4, -0.2) is 6.10 Å². The molecule has 0 amide bonds. The Kier molecular flexibility index (Phi) is 5.12. The predicted molar refractivity (Wildman–Crippen MR) is 92.8 cm³/mol. The van der Waals surface area contributed by atoms with Crippen molar-refractivity contribution >= 4 is 27.3 Å². The van der Waals surface area contributed by atoms with Crippen molar-refractivity contribution in [2.75, 3.05) is 11.1 Å². The normalized spacial score (nSPS) is 12.2. The third-order valence-corrected chi connectivity index (χ3v) is 3.53. The molecule has 3 N–H and O–H groups in total. The van der Waals surface area contributed by atoms with Crippen LogP contribution in [0.1, 0.15) is 32.4 Å². The molecule has 0 fully saturated rings. The van der Waals surface area contributed by atoms with Gasteiger partial charge in [-0.25, -0.2) is 0 Å². The molecule has 0 saturated carbocycles. The van der Waals surface area contributed by atoms with Crippen molar-refractivity contribution in [3.05, 3.63) is 52.5 Å². The Morgan fingerprint density at radius 2 is 1.86 bits per heavy atom. The molecule has 1 unspecified atom stereocenters. The van der Waals surface area contributed by atoms with Crippen molar-refractivity contribution in [1.82, 2.24) is 0 Å². The number of hydrogen-bond donors (Lipinski definition) is 2. The highest BCUT2D eigenvalue weighted by molar-refractivity contribution is 9.10. The zero-order valence-corrected chi connectivity index (χ0v) is 14.1. The molecule has 0 aromatic heterocycles. The summed E-state index contributed by atoms with van der Waals surface area (Å²) in [5.74, 6) is 0.786. The average molecular weight is 349 g/mol. The van der Waals surface area contributed by atoms with Gasteiger partial charge in [0.15, 0.2) is 0 Å². The summed E-state index contributed by atoms with van der Waals surface area (Å²) in [4.78, 5) is 0. The molecule has 0 saturated heterocycles. The summed E-state index contributed by atoms with van der Waals surface area (Å²) in [5, 5.41) is 3.46. The van der Waals surface area contributed by atoms with Crippen LogP contribution < -0.4 is 15.8 Å². The molecule has 4 heteroatoms. The number of ether oxygens (including phenoxy) is 1. The third kappa shape index (κ3) is 4.67. The summed E-state index contributed by atoms with van der Waals surface area (Å²) >= 11 is 3.50. The minimum Gasteiger partial charge on any atom is -0.491 e. The Bertz CT molecular complexity index is 613. The molecule has 0 radical (unpaired) electrons. The Hall–Kier alpha value is -1.68. The predicted octanol–water partition coefficient (Wildman–Crippen LogP) is 4.99. The lowest BCUT2D eigenvalue weighted by Gasteiger charge is -2.18. The molecule has 0 aliphatic carbocycles. The standard InChI is InChI=1S/C17H21BrN2O/c1-11(2)21-17-9-15(19)8-16(10-17)20-12(3)13-5-4-6-14(18)7-13/h4-12,20H,19H2,1-3H3. The van der Waals surface area contributed by atoms with Crippen LogP contribution in [0.3, 0.4) is 0 Å². The summed E-state index contributed by atoms with van der Waals surface area (Å²) in [6.07, 6.45) is 0.127. The van der Waals surface area contributed by atoms with Crippen LogP contribution in [0, 0.1) is 0 Å².